The van der Waals surface area contributed by atoms with E-state index in [0.717, 1.165) is 3.57 Å². The van der Waals surface area contributed by atoms with E-state index in [4.69, 9.17) is 20.8 Å². The molecule has 1 aromatic carbocycles. The van der Waals surface area contributed by atoms with Crippen molar-refractivity contribution in [3.63, 3.8) is 0 Å². The van der Waals surface area contributed by atoms with Crippen LogP contribution in [0, 0.1) is 3.57 Å². The van der Waals surface area contributed by atoms with Crippen LogP contribution in [0.4, 0.5) is 0 Å². The van der Waals surface area contributed by atoms with E-state index in [1.807, 2.05) is 6.07 Å². The van der Waals surface area contributed by atoms with Crippen molar-refractivity contribution in [2.45, 2.75) is 6.92 Å². The highest BCUT2D eigenvalue weighted by Gasteiger charge is 2.05. The predicted molar refractivity (Wildman–Crippen MR) is 98.7 cm³/mol. The van der Waals surface area contributed by atoms with Crippen LogP contribution in [0.1, 0.15) is 12.7 Å². The molecule has 1 amide bonds. The van der Waals surface area contributed by atoms with Crippen molar-refractivity contribution in [1.29, 1.82) is 0 Å². The Morgan fingerprint density at radius 1 is 1.48 bits per heavy atom. The van der Waals surface area contributed by atoms with Crippen LogP contribution in [-0.4, -0.2) is 18.2 Å². The van der Waals surface area contributed by atoms with Gasteiger partial charge in [-0.25, -0.2) is 5.43 Å². The lowest BCUT2D eigenvalue weighted by Gasteiger charge is -2.07. The lowest BCUT2D eigenvalue weighted by atomic mass is 10.3. The Kier molecular flexibility index (Phi) is 6.66. The van der Waals surface area contributed by atoms with Crippen LogP contribution in [0.5, 0.6) is 5.75 Å². The molecule has 1 heterocycles. The zero-order valence-corrected chi connectivity index (χ0v) is 15.2. The van der Waals surface area contributed by atoms with Gasteiger partial charge in [0.15, 0.2) is 6.61 Å². The van der Waals surface area contributed by atoms with E-state index in [2.05, 4.69) is 33.1 Å². The third-order valence-electron chi connectivity index (χ3n) is 2.64. The van der Waals surface area contributed by atoms with Gasteiger partial charge in [0.05, 0.1) is 15.5 Å². The highest BCUT2D eigenvalue weighted by molar-refractivity contribution is 14.1. The van der Waals surface area contributed by atoms with Gasteiger partial charge in [-0.05, 0) is 72.0 Å². The third-order valence-corrected chi connectivity index (χ3v) is 3.72. The van der Waals surface area contributed by atoms with E-state index < -0.39 is 0 Å². The number of hydrazone groups is 1. The Bertz CT molecular complexity index is 727. The van der Waals surface area contributed by atoms with Crippen LogP contribution in [0.15, 0.2) is 52.2 Å². The van der Waals surface area contributed by atoms with Gasteiger partial charge in [-0.1, -0.05) is 11.6 Å². The SMILES string of the molecule is CC(/C=C/c1ccco1)=N\NC(=O)COc1ccc(Cl)cc1I. The van der Waals surface area contributed by atoms with Gasteiger partial charge in [-0.2, -0.15) is 5.10 Å². The fourth-order valence-electron chi connectivity index (χ4n) is 1.54. The minimum Gasteiger partial charge on any atom is -0.483 e. The second-order valence-electron chi connectivity index (χ2n) is 4.50. The molecule has 23 heavy (non-hydrogen) atoms. The topological polar surface area (TPSA) is 63.8 Å². The zero-order chi connectivity index (χ0) is 16.7. The van der Waals surface area contributed by atoms with E-state index in [0.29, 0.717) is 22.2 Å². The van der Waals surface area contributed by atoms with Crippen molar-refractivity contribution in [3.8, 4) is 5.75 Å². The molecular formula is C16H14ClIN2O3. The number of carbonyl (C=O) groups excluding carboxylic acids is 1. The molecule has 0 fully saturated rings. The van der Waals surface area contributed by atoms with Gasteiger partial charge >= 0.3 is 0 Å². The fraction of sp³-hybridized carbons (Fsp3) is 0.125. The number of carbonyl (C=O) groups is 1. The maximum atomic E-state index is 11.7. The van der Waals surface area contributed by atoms with Crippen molar-refractivity contribution in [1.82, 2.24) is 5.43 Å². The molecule has 0 atom stereocenters. The van der Waals surface area contributed by atoms with Crippen LogP contribution >= 0.6 is 34.2 Å². The minimum absolute atomic E-state index is 0.129. The number of hydrogen-bond donors (Lipinski definition) is 1. The second kappa shape index (κ2) is 8.73. The Morgan fingerprint density at radius 2 is 2.30 bits per heavy atom. The molecule has 0 bridgehead atoms. The summed E-state index contributed by atoms with van der Waals surface area (Å²) in [5.74, 6) is 0.969. The maximum absolute atomic E-state index is 11.7. The first-order chi connectivity index (χ1) is 11.0. The minimum atomic E-state index is -0.346. The van der Waals surface area contributed by atoms with Crippen LogP contribution in [-0.2, 0) is 4.79 Å². The molecule has 120 valence electrons. The summed E-state index contributed by atoms with van der Waals surface area (Å²) in [4.78, 5) is 11.7. The molecule has 1 aromatic heterocycles. The van der Waals surface area contributed by atoms with E-state index >= 15 is 0 Å². The fourth-order valence-corrected chi connectivity index (χ4v) is 2.57. The molecule has 0 spiro atoms. The number of allylic oxidation sites excluding steroid dienone is 1. The molecule has 5 nitrogen and oxygen atoms in total. The monoisotopic (exact) mass is 444 g/mol. The summed E-state index contributed by atoms with van der Waals surface area (Å²) in [6.45, 7) is 1.64. The van der Waals surface area contributed by atoms with Gasteiger partial charge in [0.25, 0.3) is 5.91 Å². The lowest BCUT2D eigenvalue weighted by molar-refractivity contribution is -0.123. The Balaban J connectivity index is 1.81. The van der Waals surface area contributed by atoms with Crippen LogP contribution in [0.2, 0.25) is 5.02 Å². The second-order valence-corrected chi connectivity index (χ2v) is 6.10. The maximum Gasteiger partial charge on any atom is 0.277 e. The number of ether oxygens (including phenoxy) is 1. The lowest BCUT2D eigenvalue weighted by Crippen LogP contribution is -2.25. The average molecular weight is 445 g/mol. The summed E-state index contributed by atoms with van der Waals surface area (Å²) >= 11 is 7.95. The van der Waals surface area contributed by atoms with Gasteiger partial charge in [0.1, 0.15) is 11.5 Å². The number of nitrogens with one attached hydrogen (secondary N) is 1. The summed E-state index contributed by atoms with van der Waals surface area (Å²) in [7, 11) is 0. The number of furan rings is 1. The Hall–Kier alpha value is -1.80. The first-order valence-corrected chi connectivity index (χ1v) is 8.13. The smallest absolute Gasteiger partial charge is 0.277 e. The molecule has 0 radical (unpaired) electrons. The molecule has 0 unspecified atom stereocenters. The van der Waals surface area contributed by atoms with Crippen LogP contribution < -0.4 is 10.2 Å². The van der Waals surface area contributed by atoms with Crippen molar-refractivity contribution in [3.05, 3.63) is 57.0 Å². The summed E-state index contributed by atoms with van der Waals surface area (Å²) in [5, 5.41) is 4.58. The molecule has 0 aliphatic carbocycles. The molecule has 7 heteroatoms. The molecule has 2 rings (SSSR count). The van der Waals surface area contributed by atoms with Crippen LogP contribution in [0.3, 0.4) is 0 Å². The van der Waals surface area contributed by atoms with Crippen molar-refractivity contribution >= 4 is 51.9 Å². The van der Waals surface area contributed by atoms with Gasteiger partial charge < -0.3 is 9.15 Å². The Morgan fingerprint density at radius 3 is 3.00 bits per heavy atom. The quantitative estimate of drug-likeness (QED) is 0.414. The van der Waals surface area contributed by atoms with Crippen LogP contribution in [0.25, 0.3) is 6.08 Å². The number of hydrogen-bond acceptors (Lipinski definition) is 4. The molecule has 0 saturated heterocycles. The highest BCUT2D eigenvalue weighted by atomic mass is 127. The predicted octanol–water partition coefficient (Wildman–Crippen LogP) is 4.12. The Labute approximate surface area is 152 Å². The zero-order valence-electron chi connectivity index (χ0n) is 12.3. The van der Waals surface area contributed by atoms with E-state index in [1.165, 1.54) is 0 Å². The molecule has 2 aromatic rings. The normalized spacial score (nSPS) is 11.7. The number of amides is 1. The standard InChI is InChI=1S/C16H14ClIN2O3/c1-11(4-6-13-3-2-8-22-13)19-20-16(21)10-23-15-7-5-12(17)9-14(15)18/h2-9H,10H2,1H3,(H,20,21)/b6-4+,19-11+. The highest BCUT2D eigenvalue weighted by Crippen LogP contribution is 2.24. The van der Waals surface area contributed by atoms with Gasteiger partial charge in [0, 0.05) is 5.02 Å². The summed E-state index contributed by atoms with van der Waals surface area (Å²) < 4.78 is 11.4. The molecule has 1 N–H and O–H groups in total. The number of benzene rings is 1. The van der Waals surface area contributed by atoms with E-state index in [1.54, 1.807) is 49.6 Å². The number of rotatable bonds is 6. The first kappa shape index (κ1) is 17.6. The van der Waals surface area contributed by atoms with Gasteiger partial charge in [-0.15, -0.1) is 0 Å². The van der Waals surface area contributed by atoms with Gasteiger partial charge in [0.2, 0.25) is 0 Å². The molecule has 0 aliphatic heterocycles. The summed E-state index contributed by atoms with van der Waals surface area (Å²) in [6, 6.07) is 8.81. The molecular weight excluding hydrogens is 431 g/mol. The van der Waals surface area contributed by atoms with E-state index in [9.17, 15) is 4.79 Å². The number of nitrogens with zero attached hydrogens (tertiary/aromatic N) is 1. The largest absolute Gasteiger partial charge is 0.483 e. The first-order valence-electron chi connectivity index (χ1n) is 6.67. The summed E-state index contributed by atoms with van der Waals surface area (Å²) in [6.07, 6.45) is 5.09. The van der Waals surface area contributed by atoms with Crippen molar-refractivity contribution < 1.29 is 13.9 Å². The average Bonchev–Trinajstić information content (AvgIpc) is 3.03. The van der Waals surface area contributed by atoms with Crippen molar-refractivity contribution in [2.75, 3.05) is 6.61 Å². The third kappa shape index (κ3) is 6.07. The van der Waals surface area contributed by atoms with Crippen molar-refractivity contribution in [2.24, 2.45) is 5.10 Å². The molecule has 0 saturated carbocycles. The number of halogens is 2. The summed E-state index contributed by atoms with van der Waals surface area (Å²) in [5.41, 5.74) is 3.06. The van der Waals surface area contributed by atoms with E-state index in [-0.39, 0.29) is 12.5 Å². The van der Waals surface area contributed by atoms with Gasteiger partial charge in [-0.3, -0.25) is 4.79 Å². The molecule has 0 aliphatic rings.